The Bertz CT molecular complexity index is 520. The zero-order valence-electron chi connectivity index (χ0n) is 9.96. The molecule has 0 saturated heterocycles. The molecule has 0 heterocycles. The number of hydrogen-bond acceptors (Lipinski definition) is 3. The number of ether oxygens (including phenoxy) is 1. The molecule has 0 aliphatic carbocycles. The van der Waals surface area contributed by atoms with E-state index in [1.807, 2.05) is 0 Å². The van der Waals surface area contributed by atoms with Crippen molar-refractivity contribution in [2.24, 2.45) is 5.73 Å². The SMILES string of the molecule is NC(=S)c1ccc(OCC(=O)NCC(F)(F)F)cc1F. The summed E-state index contributed by atoms with van der Waals surface area (Å²) in [4.78, 5) is 10.9. The van der Waals surface area contributed by atoms with Crippen LogP contribution in [-0.2, 0) is 4.79 Å². The molecule has 0 atom stereocenters. The summed E-state index contributed by atoms with van der Waals surface area (Å²) in [6.45, 7) is -2.12. The Hall–Kier alpha value is -1.90. The molecule has 110 valence electrons. The van der Waals surface area contributed by atoms with Crippen LogP contribution in [0.1, 0.15) is 5.56 Å². The van der Waals surface area contributed by atoms with Gasteiger partial charge in [-0.3, -0.25) is 4.79 Å². The number of alkyl halides is 3. The smallest absolute Gasteiger partial charge is 0.405 e. The van der Waals surface area contributed by atoms with Crippen LogP contribution in [0.25, 0.3) is 0 Å². The van der Waals surface area contributed by atoms with Crippen molar-refractivity contribution in [2.45, 2.75) is 6.18 Å². The van der Waals surface area contributed by atoms with E-state index in [-0.39, 0.29) is 16.3 Å². The third-order valence-electron chi connectivity index (χ3n) is 2.06. The normalized spacial score (nSPS) is 11.0. The fourth-order valence-electron chi connectivity index (χ4n) is 1.18. The van der Waals surface area contributed by atoms with Gasteiger partial charge >= 0.3 is 6.18 Å². The predicted molar refractivity (Wildman–Crippen MR) is 66.8 cm³/mol. The van der Waals surface area contributed by atoms with Crippen LogP contribution < -0.4 is 15.8 Å². The minimum absolute atomic E-state index is 0.00822. The lowest BCUT2D eigenvalue weighted by atomic mass is 10.2. The van der Waals surface area contributed by atoms with E-state index >= 15 is 0 Å². The highest BCUT2D eigenvalue weighted by atomic mass is 32.1. The minimum atomic E-state index is -4.50. The van der Waals surface area contributed by atoms with E-state index < -0.39 is 31.1 Å². The summed E-state index contributed by atoms with van der Waals surface area (Å²) in [6, 6.07) is 3.49. The molecule has 1 rings (SSSR count). The van der Waals surface area contributed by atoms with E-state index in [0.29, 0.717) is 0 Å². The molecule has 0 bridgehead atoms. The number of hydrogen-bond donors (Lipinski definition) is 2. The van der Waals surface area contributed by atoms with E-state index in [1.54, 1.807) is 5.32 Å². The molecule has 0 radical (unpaired) electrons. The van der Waals surface area contributed by atoms with Gasteiger partial charge in [0.1, 0.15) is 23.1 Å². The van der Waals surface area contributed by atoms with Crippen LogP contribution in [0.15, 0.2) is 18.2 Å². The number of carbonyl (C=O) groups excluding carboxylic acids is 1. The van der Waals surface area contributed by atoms with Gasteiger partial charge in [-0.05, 0) is 12.1 Å². The Kier molecular flexibility index (Phi) is 5.26. The van der Waals surface area contributed by atoms with E-state index in [2.05, 4.69) is 12.2 Å². The first-order chi connectivity index (χ1) is 9.19. The molecular formula is C11H10F4N2O2S. The molecule has 0 aromatic heterocycles. The molecule has 0 fully saturated rings. The molecule has 1 aromatic carbocycles. The molecular weight excluding hydrogens is 300 g/mol. The maximum Gasteiger partial charge on any atom is 0.405 e. The monoisotopic (exact) mass is 310 g/mol. The lowest BCUT2D eigenvalue weighted by Gasteiger charge is -2.10. The number of nitrogens with one attached hydrogen (secondary N) is 1. The molecule has 0 aliphatic heterocycles. The Labute approximate surface area is 116 Å². The first kappa shape index (κ1) is 16.2. The van der Waals surface area contributed by atoms with Crippen molar-refractivity contribution in [3.63, 3.8) is 0 Å². The second-order valence-electron chi connectivity index (χ2n) is 3.69. The average molecular weight is 310 g/mol. The van der Waals surface area contributed by atoms with Crippen molar-refractivity contribution in [2.75, 3.05) is 13.2 Å². The van der Waals surface area contributed by atoms with Crippen molar-refractivity contribution in [1.82, 2.24) is 5.32 Å². The number of benzene rings is 1. The summed E-state index contributed by atoms with van der Waals surface area (Å²) in [5.41, 5.74) is 5.26. The number of thiocarbonyl (C=S) groups is 1. The van der Waals surface area contributed by atoms with Gasteiger partial charge in [0.2, 0.25) is 0 Å². The van der Waals surface area contributed by atoms with Crippen molar-refractivity contribution < 1.29 is 27.1 Å². The third-order valence-corrected chi connectivity index (χ3v) is 2.28. The maximum absolute atomic E-state index is 13.4. The molecule has 0 aliphatic rings. The molecule has 4 nitrogen and oxygen atoms in total. The van der Waals surface area contributed by atoms with Gasteiger partial charge in [-0.1, -0.05) is 12.2 Å². The van der Waals surface area contributed by atoms with Gasteiger partial charge in [-0.2, -0.15) is 13.2 Å². The third kappa shape index (κ3) is 5.39. The fraction of sp³-hybridized carbons (Fsp3) is 0.273. The average Bonchev–Trinajstić information content (AvgIpc) is 2.32. The highest BCUT2D eigenvalue weighted by molar-refractivity contribution is 7.80. The van der Waals surface area contributed by atoms with Crippen LogP contribution in [0.2, 0.25) is 0 Å². The number of nitrogens with two attached hydrogens (primary N) is 1. The Balaban J connectivity index is 2.52. The van der Waals surface area contributed by atoms with Gasteiger partial charge in [0.25, 0.3) is 5.91 Å². The van der Waals surface area contributed by atoms with E-state index in [9.17, 15) is 22.4 Å². The summed E-state index contributed by atoms with van der Waals surface area (Å²) in [7, 11) is 0. The predicted octanol–water partition coefficient (Wildman–Crippen LogP) is 1.52. The van der Waals surface area contributed by atoms with Crippen molar-refractivity contribution >= 4 is 23.1 Å². The van der Waals surface area contributed by atoms with Gasteiger partial charge in [-0.15, -0.1) is 0 Å². The van der Waals surface area contributed by atoms with Gasteiger partial charge in [-0.25, -0.2) is 4.39 Å². The zero-order chi connectivity index (χ0) is 15.3. The summed E-state index contributed by atoms with van der Waals surface area (Å²) in [5.74, 6) is -1.74. The Morgan fingerprint density at radius 1 is 1.40 bits per heavy atom. The van der Waals surface area contributed by atoms with Gasteiger partial charge in [0.05, 0.1) is 0 Å². The molecule has 0 saturated carbocycles. The Morgan fingerprint density at radius 3 is 2.55 bits per heavy atom. The summed E-state index contributed by atoms with van der Waals surface area (Å²) in [6.07, 6.45) is -4.50. The lowest BCUT2D eigenvalue weighted by Crippen LogP contribution is -2.36. The minimum Gasteiger partial charge on any atom is -0.484 e. The van der Waals surface area contributed by atoms with Crippen LogP contribution >= 0.6 is 12.2 Å². The molecule has 0 unspecified atom stereocenters. The fourth-order valence-corrected chi connectivity index (χ4v) is 1.35. The van der Waals surface area contributed by atoms with Crippen molar-refractivity contribution in [3.05, 3.63) is 29.6 Å². The first-order valence-electron chi connectivity index (χ1n) is 5.24. The number of carbonyl (C=O) groups is 1. The zero-order valence-corrected chi connectivity index (χ0v) is 10.8. The highest BCUT2D eigenvalue weighted by Crippen LogP contribution is 2.16. The van der Waals surface area contributed by atoms with E-state index in [4.69, 9.17) is 10.5 Å². The number of amides is 1. The van der Waals surface area contributed by atoms with Gasteiger partial charge < -0.3 is 15.8 Å². The molecule has 1 amide bonds. The van der Waals surface area contributed by atoms with Crippen LogP contribution in [0.3, 0.4) is 0 Å². The second-order valence-corrected chi connectivity index (χ2v) is 4.13. The molecule has 0 spiro atoms. The first-order valence-corrected chi connectivity index (χ1v) is 5.65. The van der Waals surface area contributed by atoms with Crippen molar-refractivity contribution in [1.29, 1.82) is 0 Å². The number of halogens is 4. The maximum atomic E-state index is 13.4. The summed E-state index contributed by atoms with van der Waals surface area (Å²) < 4.78 is 53.7. The molecule has 20 heavy (non-hydrogen) atoms. The van der Waals surface area contributed by atoms with Crippen LogP contribution in [-0.4, -0.2) is 30.2 Å². The summed E-state index contributed by atoms with van der Waals surface area (Å²) in [5, 5.41) is 1.61. The summed E-state index contributed by atoms with van der Waals surface area (Å²) >= 11 is 4.59. The van der Waals surface area contributed by atoms with Crippen LogP contribution in [0.4, 0.5) is 17.6 Å². The van der Waals surface area contributed by atoms with Crippen LogP contribution in [0, 0.1) is 5.82 Å². The van der Waals surface area contributed by atoms with Crippen molar-refractivity contribution in [3.8, 4) is 5.75 Å². The second kappa shape index (κ2) is 6.51. The lowest BCUT2D eigenvalue weighted by molar-refractivity contribution is -0.139. The van der Waals surface area contributed by atoms with Gasteiger partial charge in [0, 0.05) is 11.6 Å². The van der Waals surface area contributed by atoms with Crippen LogP contribution in [0.5, 0.6) is 5.75 Å². The Morgan fingerprint density at radius 2 is 2.05 bits per heavy atom. The molecule has 9 heteroatoms. The standard InChI is InChI=1S/C11H10F4N2O2S/c12-8-3-6(1-2-7(8)10(16)20)19-4-9(18)17-5-11(13,14)15/h1-3H,4-5H2,(H2,16,20)(H,17,18). The molecule has 3 N–H and O–H groups in total. The van der Waals surface area contributed by atoms with Gasteiger partial charge in [0.15, 0.2) is 6.61 Å². The highest BCUT2D eigenvalue weighted by Gasteiger charge is 2.27. The van der Waals surface area contributed by atoms with E-state index in [1.165, 1.54) is 12.1 Å². The topological polar surface area (TPSA) is 64.3 Å². The molecule has 1 aromatic rings. The largest absolute Gasteiger partial charge is 0.484 e. The quantitative estimate of drug-likeness (QED) is 0.639. The number of rotatable bonds is 5. The van der Waals surface area contributed by atoms with E-state index in [0.717, 1.165) is 6.07 Å².